The summed E-state index contributed by atoms with van der Waals surface area (Å²) in [4.78, 5) is 50.1. The number of aliphatic carboxylic acids is 1. The zero-order valence-corrected chi connectivity index (χ0v) is 21.2. The van der Waals surface area contributed by atoms with Gasteiger partial charge in [-0.15, -0.1) is 0 Å². The molecule has 0 heterocycles. The first-order valence-electron chi connectivity index (χ1n) is 11.9. The molecule has 0 saturated carbocycles. The minimum atomic E-state index is -1.52. The Labute approximate surface area is 207 Å². The van der Waals surface area contributed by atoms with E-state index in [2.05, 4.69) is 16.0 Å². The minimum absolute atomic E-state index is 0.00156. The van der Waals surface area contributed by atoms with Gasteiger partial charge in [0.05, 0.1) is 12.1 Å². The lowest BCUT2D eigenvalue weighted by molar-refractivity contribution is -0.145. The quantitative estimate of drug-likeness (QED) is 0.220. The molecule has 35 heavy (non-hydrogen) atoms. The van der Waals surface area contributed by atoms with Crippen molar-refractivity contribution in [2.45, 2.75) is 84.2 Å². The number of nitrogens with two attached hydrogens (primary N) is 1. The fourth-order valence-corrected chi connectivity index (χ4v) is 3.56. The second kappa shape index (κ2) is 14.4. The van der Waals surface area contributed by atoms with Crippen LogP contribution in [0.15, 0.2) is 30.3 Å². The smallest absolute Gasteiger partial charge is 0.328 e. The third-order valence-electron chi connectivity index (χ3n) is 5.36. The zero-order valence-electron chi connectivity index (χ0n) is 21.2. The van der Waals surface area contributed by atoms with Crippen LogP contribution in [0.5, 0.6) is 0 Å². The third-order valence-corrected chi connectivity index (χ3v) is 5.36. The molecule has 10 heteroatoms. The van der Waals surface area contributed by atoms with Gasteiger partial charge < -0.3 is 31.9 Å². The molecule has 0 spiro atoms. The van der Waals surface area contributed by atoms with E-state index in [4.69, 9.17) is 5.73 Å². The van der Waals surface area contributed by atoms with Crippen molar-refractivity contribution < 1.29 is 29.4 Å². The Balaban J connectivity index is 2.96. The Morgan fingerprint density at radius 1 is 0.800 bits per heavy atom. The van der Waals surface area contributed by atoms with Gasteiger partial charge in [0.2, 0.25) is 17.7 Å². The molecule has 0 radical (unpaired) electrons. The maximum absolute atomic E-state index is 13.1. The maximum atomic E-state index is 13.1. The van der Waals surface area contributed by atoms with Gasteiger partial charge in [0.25, 0.3) is 0 Å². The number of hydrogen-bond donors (Lipinski definition) is 6. The van der Waals surface area contributed by atoms with E-state index in [9.17, 15) is 29.4 Å². The fourth-order valence-electron chi connectivity index (χ4n) is 3.56. The summed E-state index contributed by atoms with van der Waals surface area (Å²) in [6.07, 6.45) is -0.473. The van der Waals surface area contributed by atoms with Gasteiger partial charge in [-0.3, -0.25) is 14.4 Å². The number of hydrogen-bond acceptors (Lipinski definition) is 6. The van der Waals surface area contributed by atoms with Crippen molar-refractivity contribution in [2.75, 3.05) is 0 Å². The predicted molar refractivity (Wildman–Crippen MR) is 132 cm³/mol. The first-order chi connectivity index (χ1) is 16.3. The standard InChI is InChI=1S/C25H40N4O6/c1-14(2)11-19(27-22(31)18(26)13-17-9-7-6-8-10-17)23(32)28-20(12-15(3)4)24(33)29-21(16(5)30)25(34)35/h6-10,14-16,18-21,30H,11-13,26H2,1-5H3,(H,27,31)(H,28,32)(H,29,33)(H,34,35). The van der Waals surface area contributed by atoms with Gasteiger partial charge in [-0.2, -0.15) is 0 Å². The summed E-state index contributed by atoms with van der Waals surface area (Å²) in [5, 5.41) is 26.6. The fraction of sp³-hybridized carbons (Fsp3) is 0.600. The molecule has 0 saturated heterocycles. The number of rotatable bonds is 14. The number of carboxylic acids is 1. The summed E-state index contributed by atoms with van der Waals surface area (Å²) < 4.78 is 0. The van der Waals surface area contributed by atoms with Gasteiger partial charge in [-0.05, 0) is 43.6 Å². The molecular formula is C25H40N4O6. The average Bonchev–Trinajstić information content (AvgIpc) is 2.75. The Morgan fingerprint density at radius 2 is 1.26 bits per heavy atom. The summed E-state index contributed by atoms with van der Waals surface area (Å²) in [5.74, 6) is -3.11. The van der Waals surface area contributed by atoms with Crippen LogP contribution in [0, 0.1) is 11.8 Å². The summed E-state index contributed by atoms with van der Waals surface area (Å²) in [7, 11) is 0. The summed E-state index contributed by atoms with van der Waals surface area (Å²) in [6.45, 7) is 8.75. The van der Waals surface area contributed by atoms with Crippen molar-refractivity contribution in [3.63, 3.8) is 0 Å². The highest BCUT2D eigenvalue weighted by Crippen LogP contribution is 2.10. The van der Waals surface area contributed by atoms with Gasteiger partial charge in [-0.25, -0.2) is 4.79 Å². The molecule has 0 aliphatic heterocycles. The molecule has 10 nitrogen and oxygen atoms in total. The molecule has 0 aliphatic carbocycles. The van der Waals surface area contributed by atoms with Crippen molar-refractivity contribution in [3.8, 4) is 0 Å². The van der Waals surface area contributed by atoms with E-state index in [0.29, 0.717) is 12.8 Å². The van der Waals surface area contributed by atoms with E-state index in [0.717, 1.165) is 5.56 Å². The molecular weight excluding hydrogens is 452 g/mol. The second-order valence-corrected chi connectivity index (χ2v) is 9.74. The van der Waals surface area contributed by atoms with Crippen molar-refractivity contribution in [2.24, 2.45) is 17.6 Å². The first kappa shape index (κ1) is 30.1. The van der Waals surface area contributed by atoms with Crippen LogP contribution in [-0.2, 0) is 25.6 Å². The van der Waals surface area contributed by atoms with E-state index in [1.807, 2.05) is 58.0 Å². The Bertz CT molecular complexity index is 844. The van der Waals surface area contributed by atoms with Gasteiger partial charge in [0, 0.05) is 0 Å². The van der Waals surface area contributed by atoms with Crippen LogP contribution in [0.2, 0.25) is 0 Å². The maximum Gasteiger partial charge on any atom is 0.328 e. The lowest BCUT2D eigenvalue weighted by atomic mass is 9.99. The van der Waals surface area contributed by atoms with Gasteiger partial charge in [0.1, 0.15) is 12.1 Å². The van der Waals surface area contributed by atoms with Crippen LogP contribution in [-0.4, -0.2) is 64.2 Å². The summed E-state index contributed by atoms with van der Waals surface area (Å²) in [5.41, 5.74) is 6.96. The monoisotopic (exact) mass is 492 g/mol. The minimum Gasteiger partial charge on any atom is -0.480 e. The van der Waals surface area contributed by atoms with E-state index in [1.165, 1.54) is 6.92 Å². The zero-order chi connectivity index (χ0) is 26.7. The number of benzene rings is 1. The Morgan fingerprint density at radius 3 is 1.69 bits per heavy atom. The molecule has 1 rings (SSSR count). The molecule has 0 aromatic heterocycles. The van der Waals surface area contributed by atoms with E-state index < -0.39 is 54.0 Å². The highest BCUT2D eigenvalue weighted by Gasteiger charge is 2.32. The number of nitrogens with one attached hydrogen (secondary N) is 3. The average molecular weight is 493 g/mol. The molecule has 5 unspecified atom stereocenters. The number of carboxylic acid groups (broad SMARTS) is 1. The number of amides is 3. The summed E-state index contributed by atoms with van der Waals surface area (Å²) >= 11 is 0. The first-order valence-corrected chi connectivity index (χ1v) is 11.9. The highest BCUT2D eigenvalue weighted by atomic mass is 16.4. The molecule has 196 valence electrons. The normalized spacial score (nSPS) is 15.6. The van der Waals surface area contributed by atoms with Crippen molar-refractivity contribution in [1.29, 1.82) is 0 Å². The van der Waals surface area contributed by atoms with Crippen LogP contribution >= 0.6 is 0 Å². The van der Waals surface area contributed by atoms with Crippen LogP contribution < -0.4 is 21.7 Å². The van der Waals surface area contributed by atoms with E-state index in [-0.39, 0.29) is 18.3 Å². The lowest BCUT2D eigenvalue weighted by Gasteiger charge is -2.27. The highest BCUT2D eigenvalue weighted by molar-refractivity contribution is 5.94. The molecule has 0 bridgehead atoms. The number of carbonyl (C=O) groups is 4. The van der Waals surface area contributed by atoms with Crippen LogP contribution in [0.4, 0.5) is 0 Å². The van der Waals surface area contributed by atoms with E-state index >= 15 is 0 Å². The Hall–Kier alpha value is -2.98. The summed E-state index contributed by atoms with van der Waals surface area (Å²) in [6, 6.07) is 4.92. The second-order valence-electron chi connectivity index (χ2n) is 9.74. The van der Waals surface area contributed by atoms with Gasteiger partial charge in [0.15, 0.2) is 6.04 Å². The largest absolute Gasteiger partial charge is 0.480 e. The van der Waals surface area contributed by atoms with Crippen LogP contribution in [0.1, 0.15) is 53.0 Å². The Kier molecular flexibility index (Phi) is 12.4. The van der Waals surface area contributed by atoms with Crippen molar-refractivity contribution in [1.82, 2.24) is 16.0 Å². The van der Waals surface area contributed by atoms with Crippen LogP contribution in [0.25, 0.3) is 0 Å². The van der Waals surface area contributed by atoms with Gasteiger partial charge >= 0.3 is 5.97 Å². The van der Waals surface area contributed by atoms with Crippen LogP contribution in [0.3, 0.4) is 0 Å². The van der Waals surface area contributed by atoms with E-state index in [1.54, 1.807) is 0 Å². The molecule has 7 N–H and O–H groups in total. The number of carbonyl (C=O) groups excluding carboxylic acids is 3. The SMILES string of the molecule is CC(C)CC(NC(=O)C(N)Cc1ccccc1)C(=O)NC(CC(C)C)C(=O)NC(C(=O)O)C(C)O. The molecule has 5 atom stereocenters. The van der Waals surface area contributed by atoms with Gasteiger partial charge in [-0.1, -0.05) is 58.0 Å². The predicted octanol–water partition coefficient (Wildman–Crippen LogP) is 0.568. The number of aliphatic hydroxyl groups is 1. The van der Waals surface area contributed by atoms with Crippen molar-refractivity contribution >= 4 is 23.7 Å². The third kappa shape index (κ3) is 10.9. The number of aliphatic hydroxyl groups excluding tert-OH is 1. The molecule has 1 aromatic rings. The molecule has 1 aromatic carbocycles. The lowest BCUT2D eigenvalue weighted by Crippen LogP contribution is -2.58. The topological polar surface area (TPSA) is 171 Å². The molecule has 0 fully saturated rings. The molecule has 0 aliphatic rings. The van der Waals surface area contributed by atoms with Crippen molar-refractivity contribution in [3.05, 3.63) is 35.9 Å². The molecule has 3 amide bonds.